The molecule has 98 valence electrons. The van der Waals surface area contributed by atoms with E-state index in [9.17, 15) is 0 Å². The Labute approximate surface area is 108 Å². The highest BCUT2D eigenvalue weighted by Crippen LogP contribution is 2.16. The number of rotatable bonds is 9. The van der Waals surface area contributed by atoms with E-state index in [4.69, 9.17) is 16.3 Å². The summed E-state index contributed by atoms with van der Waals surface area (Å²) in [5, 5.41) is 8.40. The number of hydrogen-bond acceptors (Lipinski definition) is 3. The lowest BCUT2D eigenvalue weighted by Crippen LogP contribution is -2.17. The fourth-order valence-electron chi connectivity index (χ4n) is 1.69. The second-order valence-corrected chi connectivity index (χ2v) is 4.42. The van der Waals surface area contributed by atoms with Gasteiger partial charge in [-0.3, -0.25) is 4.68 Å². The van der Waals surface area contributed by atoms with E-state index < -0.39 is 0 Å². The van der Waals surface area contributed by atoms with Crippen LogP contribution in [0.1, 0.15) is 25.5 Å². The zero-order chi connectivity index (χ0) is 12.5. The van der Waals surface area contributed by atoms with E-state index in [1.807, 2.05) is 4.68 Å². The van der Waals surface area contributed by atoms with E-state index in [1.54, 1.807) is 13.3 Å². The molecular weight excluding hydrogens is 238 g/mol. The average molecular weight is 260 g/mol. The van der Waals surface area contributed by atoms with Gasteiger partial charge in [-0.2, -0.15) is 5.10 Å². The molecular formula is C12H22ClN3O. The summed E-state index contributed by atoms with van der Waals surface area (Å²) in [5.74, 6) is 0. The van der Waals surface area contributed by atoms with Gasteiger partial charge in [0.2, 0.25) is 0 Å². The Kier molecular flexibility index (Phi) is 7.24. The largest absolute Gasteiger partial charge is 0.383 e. The third-order valence-electron chi connectivity index (χ3n) is 2.60. The van der Waals surface area contributed by atoms with Crippen LogP contribution in [-0.4, -0.2) is 36.6 Å². The van der Waals surface area contributed by atoms with Gasteiger partial charge in [-0.05, 0) is 32.4 Å². The molecule has 0 saturated heterocycles. The Balaban J connectivity index is 2.37. The Hall–Kier alpha value is -0.580. The van der Waals surface area contributed by atoms with Crippen molar-refractivity contribution in [3.63, 3.8) is 0 Å². The number of methoxy groups -OCH3 is 1. The second-order valence-electron chi connectivity index (χ2n) is 4.01. The van der Waals surface area contributed by atoms with Crippen LogP contribution in [0.15, 0.2) is 6.20 Å². The van der Waals surface area contributed by atoms with Crippen LogP contribution in [0.2, 0.25) is 5.02 Å². The Morgan fingerprint density at radius 2 is 2.29 bits per heavy atom. The number of nitrogens with zero attached hydrogens (tertiary/aromatic N) is 2. The van der Waals surface area contributed by atoms with Gasteiger partial charge < -0.3 is 10.1 Å². The molecule has 0 spiro atoms. The van der Waals surface area contributed by atoms with Gasteiger partial charge in [0, 0.05) is 7.11 Å². The fourth-order valence-corrected chi connectivity index (χ4v) is 1.93. The van der Waals surface area contributed by atoms with Crippen molar-refractivity contribution in [2.24, 2.45) is 0 Å². The summed E-state index contributed by atoms with van der Waals surface area (Å²) in [5.41, 5.74) is 1.11. The quantitative estimate of drug-likeness (QED) is 0.691. The zero-order valence-corrected chi connectivity index (χ0v) is 11.5. The maximum Gasteiger partial charge on any atom is 0.0817 e. The van der Waals surface area contributed by atoms with Crippen LogP contribution < -0.4 is 5.32 Å². The minimum atomic E-state index is 0.666. The van der Waals surface area contributed by atoms with Gasteiger partial charge >= 0.3 is 0 Å². The number of ether oxygens (including phenoxy) is 1. The molecule has 0 radical (unpaired) electrons. The summed E-state index contributed by atoms with van der Waals surface area (Å²) in [6, 6.07) is 0. The predicted molar refractivity (Wildman–Crippen MR) is 70.6 cm³/mol. The second kappa shape index (κ2) is 8.50. The van der Waals surface area contributed by atoms with Gasteiger partial charge in [0.1, 0.15) is 0 Å². The van der Waals surface area contributed by atoms with E-state index in [2.05, 4.69) is 17.3 Å². The van der Waals surface area contributed by atoms with Gasteiger partial charge in [-0.25, -0.2) is 0 Å². The molecule has 5 heteroatoms. The van der Waals surface area contributed by atoms with Crippen LogP contribution in [0.25, 0.3) is 0 Å². The highest BCUT2D eigenvalue weighted by atomic mass is 35.5. The summed E-state index contributed by atoms with van der Waals surface area (Å²) in [6.07, 6.45) is 4.93. The highest BCUT2D eigenvalue weighted by Gasteiger charge is 2.08. The molecule has 4 nitrogen and oxygen atoms in total. The molecule has 0 aromatic carbocycles. The van der Waals surface area contributed by atoms with Gasteiger partial charge in [-0.15, -0.1) is 0 Å². The molecule has 0 aliphatic heterocycles. The van der Waals surface area contributed by atoms with Crippen LogP contribution in [-0.2, 0) is 17.7 Å². The standard InChI is InChI=1S/C12H22ClN3O/c1-3-6-14-7-4-5-12-11(13)10-15-16(12)8-9-17-2/h10,14H,3-9H2,1-2H3. The maximum absolute atomic E-state index is 6.12. The summed E-state index contributed by atoms with van der Waals surface area (Å²) in [6.45, 7) is 5.71. The van der Waals surface area contributed by atoms with Crippen LogP contribution in [0.4, 0.5) is 0 Å². The molecule has 17 heavy (non-hydrogen) atoms. The summed E-state index contributed by atoms with van der Waals surface area (Å²) in [7, 11) is 1.69. The Bertz CT molecular complexity index is 315. The third-order valence-corrected chi connectivity index (χ3v) is 2.91. The number of halogens is 1. The van der Waals surface area contributed by atoms with Crippen molar-refractivity contribution in [2.45, 2.75) is 32.7 Å². The van der Waals surface area contributed by atoms with Gasteiger partial charge in [0.15, 0.2) is 0 Å². The molecule has 0 bridgehead atoms. The molecule has 1 aromatic heterocycles. The van der Waals surface area contributed by atoms with Crippen LogP contribution in [0.3, 0.4) is 0 Å². The molecule has 0 aliphatic rings. The molecule has 0 aliphatic carbocycles. The van der Waals surface area contributed by atoms with Crippen molar-refractivity contribution in [1.29, 1.82) is 0 Å². The molecule has 0 unspecified atom stereocenters. The van der Waals surface area contributed by atoms with Crippen LogP contribution >= 0.6 is 11.6 Å². The first-order valence-corrected chi connectivity index (χ1v) is 6.57. The zero-order valence-electron chi connectivity index (χ0n) is 10.7. The lowest BCUT2D eigenvalue weighted by atomic mass is 10.2. The van der Waals surface area contributed by atoms with Crippen molar-refractivity contribution >= 4 is 11.6 Å². The summed E-state index contributed by atoms with van der Waals surface area (Å²) >= 11 is 6.12. The number of nitrogens with one attached hydrogen (secondary N) is 1. The first kappa shape index (κ1) is 14.5. The smallest absolute Gasteiger partial charge is 0.0817 e. The summed E-state index contributed by atoms with van der Waals surface area (Å²) < 4.78 is 6.99. The average Bonchev–Trinajstić information content (AvgIpc) is 2.68. The van der Waals surface area contributed by atoms with Crippen molar-refractivity contribution in [3.05, 3.63) is 16.9 Å². The van der Waals surface area contributed by atoms with Crippen molar-refractivity contribution in [2.75, 3.05) is 26.8 Å². The van der Waals surface area contributed by atoms with Crippen molar-refractivity contribution in [3.8, 4) is 0 Å². The normalized spacial score (nSPS) is 11.0. The van der Waals surface area contributed by atoms with E-state index in [0.717, 1.165) is 43.2 Å². The van der Waals surface area contributed by atoms with E-state index >= 15 is 0 Å². The van der Waals surface area contributed by atoms with Crippen LogP contribution in [0, 0.1) is 0 Å². The topological polar surface area (TPSA) is 39.1 Å². The molecule has 1 rings (SSSR count). The monoisotopic (exact) mass is 259 g/mol. The molecule has 0 fully saturated rings. The predicted octanol–water partition coefficient (Wildman–Crippen LogP) is 2.12. The summed E-state index contributed by atoms with van der Waals surface area (Å²) in [4.78, 5) is 0. The van der Waals surface area contributed by atoms with Gasteiger partial charge in [-0.1, -0.05) is 18.5 Å². The Morgan fingerprint density at radius 3 is 3.00 bits per heavy atom. The van der Waals surface area contributed by atoms with Crippen molar-refractivity contribution < 1.29 is 4.74 Å². The van der Waals surface area contributed by atoms with E-state index in [0.29, 0.717) is 6.61 Å². The van der Waals surface area contributed by atoms with Gasteiger partial charge in [0.05, 0.1) is 30.1 Å². The van der Waals surface area contributed by atoms with E-state index in [1.165, 1.54) is 6.42 Å². The minimum Gasteiger partial charge on any atom is -0.383 e. The SMILES string of the molecule is CCCNCCCc1c(Cl)cnn1CCOC. The molecule has 0 atom stereocenters. The van der Waals surface area contributed by atoms with Crippen LogP contribution in [0.5, 0.6) is 0 Å². The van der Waals surface area contributed by atoms with Gasteiger partial charge in [0.25, 0.3) is 0 Å². The Morgan fingerprint density at radius 1 is 1.47 bits per heavy atom. The number of aromatic nitrogens is 2. The molecule has 0 saturated carbocycles. The fraction of sp³-hybridized carbons (Fsp3) is 0.750. The molecule has 1 heterocycles. The molecule has 1 N–H and O–H groups in total. The molecule has 0 amide bonds. The lowest BCUT2D eigenvalue weighted by molar-refractivity contribution is 0.182. The maximum atomic E-state index is 6.12. The first-order valence-electron chi connectivity index (χ1n) is 6.19. The third kappa shape index (κ3) is 5.06. The van der Waals surface area contributed by atoms with E-state index in [-0.39, 0.29) is 0 Å². The number of hydrogen-bond donors (Lipinski definition) is 1. The lowest BCUT2D eigenvalue weighted by Gasteiger charge is -2.08. The minimum absolute atomic E-state index is 0.666. The van der Waals surface area contributed by atoms with Crippen molar-refractivity contribution in [1.82, 2.24) is 15.1 Å². The highest BCUT2D eigenvalue weighted by molar-refractivity contribution is 6.31. The molecule has 1 aromatic rings. The first-order chi connectivity index (χ1) is 8.29.